The SMILES string of the molecule is Cc1ccc(NC(=O)CCNC(=O)c2ccc3nc(Cl)sc3c2)cc1. The van der Waals surface area contributed by atoms with E-state index in [1.54, 1.807) is 18.2 Å². The van der Waals surface area contributed by atoms with E-state index in [1.807, 2.05) is 31.2 Å². The van der Waals surface area contributed by atoms with Crippen LogP contribution in [-0.2, 0) is 4.79 Å². The summed E-state index contributed by atoms with van der Waals surface area (Å²) in [6, 6.07) is 12.8. The van der Waals surface area contributed by atoms with Crippen LogP contribution in [0.15, 0.2) is 42.5 Å². The number of benzene rings is 2. The summed E-state index contributed by atoms with van der Waals surface area (Å²) >= 11 is 7.20. The number of aromatic nitrogens is 1. The Balaban J connectivity index is 1.51. The first-order valence-corrected chi connectivity index (χ1v) is 8.91. The van der Waals surface area contributed by atoms with Crippen molar-refractivity contribution in [1.29, 1.82) is 0 Å². The lowest BCUT2D eigenvalue weighted by atomic mass is 10.2. The minimum Gasteiger partial charge on any atom is -0.352 e. The highest BCUT2D eigenvalue weighted by Crippen LogP contribution is 2.26. The number of hydrogen-bond acceptors (Lipinski definition) is 4. The molecule has 3 rings (SSSR count). The maximum atomic E-state index is 12.2. The van der Waals surface area contributed by atoms with Crippen LogP contribution in [0.2, 0.25) is 4.47 Å². The van der Waals surface area contributed by atoms with Gasteiger partial charge in [0.25, 0.3) is 5.91 Å². The van der Waals surface area contributed by atoms with Crippen molar-refractivity contribution in [3.05, 3.63) is 58.1 Å². The summed E-state index contributed by atoms with van der Waals surface area (Å²) in [6.07, 6.45) is 0.203. The largest absolute Gasteiger partial charge is 0.352 e. The van der Waals surface area contributed by atoms with E-state index in [1.165, 1.54) is 11.3 Å². The fourth-order valence-corrected chi connectivity index (χ4v) is 3.36. The summed E-state index contributed by atoms with van der Waals surface area (Å²) in [5, 5.41) is 5.55. The van der Waals surface area contributed by atoms with Gasteiger partial charge in [0, 0.05) is 24.2 Å². The van der Waals surface area contributed by atoms with E-state index < -0.39 is 0 Å². The highest BCUT2D eigenvalue weighted by molar-refractivity contribution is 7.22. The molecular formula is C18H16ClN3O2S. The van der Waals surface area contributed by atoms with Crippen molar-refractivity contribution in [3.63, 3.8) is 0 Å². The Morgan fingerprint density at radius 2 is 1.92 bits per heavy atom. The molecule has 0 saturated carbocycles. The van der Waals surface area contributed by atoms with Gasteiger partial charge in [0.05, 0.1) is 10.2 Å². The molecule has 0 bridgehead atoms. The van der Waals surface area contributed by atoms with Crippen LogP contribution >= 0.6 is 22.9 Å². The maximum Gasteiger partial charge on any atom is 0.251 e. The third kappa shape index (κ3) is 4.55. The average Bonchev–Trinajstić information content (AvgIpc) is 2.96. The van der Waals surface area contributed by atoms with Crippen molar-refractivity contribution >= 4 is 50.7 Å². The van der Waals surface area contributed by atoms with Crippen LogP contribution in [0, 0.1) is 6.92 Å². The van der Waals surface area contributed by atoms with Gasteiger partial charge in [0.1, 0.15) is 0 Å². The van der Waals surface area contributed by atoms with Gasteiger partial charge in [-0.1, -0.05) is 29.3 Å². The number of aryl methyl sites for hydroxylation is 1. The highest BCUT2D eigenvalue weighted by atomic mass is 35.5. The van der Waals surface area contributed by atoms with Gasteiger partial charge in [-0.15, -0.1) is 11.3 Å². The molecule has 25 heavy (non-hydrogen) atoms. The molecule has 0 aliphatic heterocycles. The van der Waals surface area contributed by atoms with E-state index in [0.29, 0.717) is 10.0 Å². The van der Waals surface area contributed by atoms with Gasteiger partial charge in [0.2, 0.25) is 5.91 Å². The first-order chi connectivity index (χ1) is 12.0. The molecular weight excluding hydrogens is 358 g/mol. The Morgan fingerprint density at radius 3 is 2.68 bits per heavy atom. The number of nitrogens with zero attached hydrogens (tertiary/aromatic N) is 1. The second-order valence-corrected chi connectivity index (χ2v) is 7.18. The second-order valence-electron chi connectivity index (χ2n) is 5.57. The zero-order valence-electron chi connectivity index (χ0n) is 13.5. The summed E-state index contributed by atoms with van der Waals surface area (Å²) in [5.41, 5.74) is 3.16. The molecule has 0 atom stereocenters. The summed E-state index contributed by atoms with van der Waals surface area (Å²) in [4.78, 5) is 28.2. The minimum atomic E-state index is -0.227. The molecule has 5 nitrogen and oxygen atoms in total. The molecule has 128 valence electrons. The molecule has 2 amide bonds. The summed E-state index contributed by atoms with van der Waals surface area (Å²) in [7, 11) is 0. The van der Waals surface area contributed by atoms with Crippen molar-refractivity contribution in [2.75, 3.05) is 11.9 Å². The topological polar surface area (TPSA) is 71.1 Å². The van der Waals surface area contributed by atoms with E-state index in [9.17, 15) is 9.59 Å². The minimum absolute atomic E-state index is 0.145. The molecule has 1 aromatic heterocycles. The Labute approximate surface area is 154 Å². The third-order valence-corrected chi connectivity index (χ3v) is 4.72. The number of nitrogens with one attached hydrogen (secondary N) is 2. The number of amides is 2. The molecule has 0 fully saturated rings. The fraction of sp³-hybridized carbons (Fsp3) is 0.167. The molecule has 1 heterocycles. The normalized spacial score (nSPS) is 10.6. The van der Waals surface area contributed by atoms with E-state index >= 15 is 0 Å². The molecule has 0 aliphatic rings. The number of halogens is 1. The van der Waals surface area contributed by atoms with Crippen molar-refractivity contribution in [2.24, 2.45) is 0 Å². The van der Waals surface area contributed by atoms with Gasteiger partial charge < -0.3 is 10.6 Å². The molecule has 0 spiro atoms. The molecule has 0 aliphatic carbocycles. The van der Waals surface area contributed by atoms with Gasteiger partial charge in [0.15, 0.2) is 4.47 Å². The van der Waals surface area contributed by atoms with Gasteiger partial charge in [-0.25, -0.2) is 4.98 Å². The van der Waals surface area contributed by atoms with Crippen LogP contribution in [0.25, 0.3) is 10.2 Å². The van der Waals surface area contributed by atoms with E-state index in [0.717, 1.165) is 21.5 Å². The van der Waals surface area contributed by atoms with Crippen molar-refractivity contribution in [1.82, 2.24) is 10.3 Å². The number of fused-ring (bicyclic) bond motifs is 1. The standard InChI is InChI=1S/C18H16ClN3O2S/c1-11-2-5-13(6-3-11)21-16(23)8-9-20-17(24)12-4-7-14-15(10-12)25-18(19)22-14/h2-7,10H,8-9H2,1H3,(H,20,24)(H,21,23). The van der Waals surface area contributed by atoms with Crippen LogP contribution in [0.1, 0.15) is 22.3 Å². The second kappa shape index (κ2) is 7.63. The molecule has 7 heteroatoms. The zero-order valence-corrected chi connectivity index (χ0v) is 15.1. The monoisotopic (exact) mass is 373 g/mol. The number of rotatable bonds is 5. The predicted molar refractivity (Wildman–Crippen MR) is 101 cm³/mol. The predicted octanol–water partition coefficient (Wildman–Crippen LogP) is 4.02. The first-order valence-electron chi connectivity index (χ1n) is 7.72. The molecule has 2 N–H and O–H groups in total. The number of thiazole rings is 1. The Kier molecular flexibility index (Phi) is 5.31. The van der Waals surface area contributed by atoms with Gasteiger partial charge in [-0.05, 0) is 37.3 Å². The number of carbonyl (C=O) groups is 2. The Hall–Kier alpha value is -2.44. The Bertz CT molecular complexity index is 922. The molecule has 0 saturated heterocycles. The lowest BCUT2D eigenvalue weighted by molar-refractivity contribution is -0.116. The lowest BCUT2D eigenvalue weighted by Gasteiger charge is -2.07. The van der Waals surface area contributed by atoms with Crippen LogP contribution in [0.4, 0.5) is 5.69 Å². The Morgan fingerprint density at radius 1 is 1.16 bits per heavy atom. The van der Waals surface area contributed by atoms with Crippen LogP contribution < -0.4 is 10.6 Å². The van der Waals surface area contributed by atoms with Gasteiger partial charge >= 0.3 is 0 Å². The quantitative estimate of drug-likeness (QED) is 0.709. The molecule has 0 radical (unpaired) electrons. The number of hydrogen-bond donors (Lipinski definition) is 2. The number of carbonyl (C=O) groups excluding carboxylic acids is 2. The average molecular weight is 374 g/mol. The van der Waals surface area contributed by atoms with E-state index in [2.05, 4.69) is 15.6 Å². The smallest absolute Gasteiger partial charge is 0.251 e. The van der Waals surface area contributed by atoms with Crippen LogP contribution in [0.3, 0.4) is 0 Å². The van der Waals surface area contributed by atoms with Crippen molar-refractivity contribution < 1.29 is 9.59 Å². The van der Waals surface area contributed by atoms with Crippen molar-refractivity contribution in [3.8, 4) is 0 Å². The first kappa shape index (κ1) is 17.4. The molecule has 2 aromatic carbocycles. The molecule has 0 unspecified atom stereocenters. The zero-order chi connectivity index (χ0) is 17.8. The number of anilines is 1. The summed E-state index contributed by atoms with van der Waals surface area (Å²) < 4.78 is 1.30. The van der Waals surface area contributed by atoms with Crippen LogP contribution in [-0.4, -0.2) is 23.3 Å². The third-order valence-electron chi connectivity index (χ3n) is 3.60. The fourth-order valence-electron chi connectivity index (χ4n) is 2.29. The van der Waals surface area contributed by atoms with E-state index in [-0.39, 0.29) is 24.8 Å². The summed E-state index contributed by atoms with van der Waals surface area (Å²) in [6.45, 7) is 2.25. The summed E-state index contributed by atoms with van der Waals surface area (Å²) in [5.74, 6) is -0.372. The highest BCUT2D eigenvalue weighted by Gasteiger charge is 2.10. The van der Waals surface area contributed by atoms with Gasteiger partial charge in [-0.3, -0.25) is 9.59 Å². The lowest BCUT2D eigenvalue weighted by Crippen LogP contribution is -2.27. The maximum absolute atomic E-state index is 12.2. The molecule has 3 aromatic rings. The van der Waals surface area contributed by atoms with Crippen LogP contribution in [0.5, 0.6) is 0 Å². The van der Waals surface area contributed by atoms with Gasteiger partial charge in [-0.2, -0.15) is 0 Å². The van der Waals surface area contributed by atoms with E-state index in [4.69, 9.17) is 11.6 Å². The van der Waals surface area contributed by atoms with Crippen molar-refractivity contribution in [2.45, 2.75) is 13.3 Å².